The van der Waals surface area contributed by atoms with Crippen LogP contribution in [-0.2, 0) is 19.1 Å². The standard InChI is InChI=1S/C21H38O4/c1-3-4-5-6-7-9-12-18(2)25-21(23)16-15-20(22)24-17-19-13-10-8-11-14-19/h18-19H,3-17H2,1-2H3. The minimum atomic E-state index is -0.284. The molecule has 0 bridgehead atoms. The predicted molar refractivity (Wildman–Crippen MR) is 100 cm³/mol. The summed E-state index contributed by atoms with van der Waals surface area (Å²) < 4.78 is 10.7. The maximum atomic E-state index is 11.8. The molecular weight excluding hydrogens is 316 g/mol. The lowest BCUT2D eigenvalue weighted by atomic mass is 9.90. The average molecular weight is 355 g/mol. The van der Waals surface area contributed by atoms with Crippen LogP contribution < -0.4 is 0 Å². The van der Waals surface area contributed by atoms with Crippen molar-refractivity contribution in [3.8, 4) is 0 Å². The summed E-state index contributed by atoms with van der Waals surface area (Å²) in [5.41, 5.74) is 0. The summed E-state index contributed by atoms with van der Waals surface area (Å²) in [6.07, 6.45) is 14.6. The first-order chi connectivity index (χ1) is 12.1. The third kappa shape index (κ3) is 12.0. The third-order valence-corrected chi connectivity index (χ3v) is 5.03. The van der Waals surface area contributed by atoms with Gasteiger partial charge >= 0.3 is 11.9 Å². The van der Waals surface area contributed by atoms with Crippen molar-refractivity contribution in [1.29, 1.82) is 0 Å². The molecule has 1 unspecified atom stereocenters. The van der Waals surface area contributed by atoms with Gasteiger partial charge in [-0.05, 0) is 38.5 Å². The molecule has 1 fully saturated rings. The minimum Gasteiger partial charge on any atom is -0.465 e. The Bertz CT molecular complexity index is 361. The van der Waals surface area contributed by atoms with E-state index in [0.717, 1.165) is 25.7 Å². The lowest BCUT2D eigenvalue weighted by Crippen LogP contribution is -2.19. The molecule has 0 aromatic rings. The zero-order chi connectivity index (χ0) is 18.3. The van der Waals surface area contributed by atoms with E-state index in [9.17, 15) is 9.59 Å². The summed E-state index contributed by atoms with van der Waals surface area (Å²) in [4.78, 5) is 23.6. The number of esters is 2. The molecule has 0 spiro atoms. The normalized spacial score (nSPS) is 16.4. The van der Waals surface area contributed by atoms with Gasteiger partial charge in [-0.1, -0.05) is 58.3 Å². The van der Waals surface area contributed by atoms with Gasteiger partial charge in [-0.3, -0.25) is 9.59 Å². The number of carbonyl (C=O) groups is 2. The summed E-state index contributed by atoms with van der Waals surface area (Å²) in [6, 6.07) is 0. The number of carbonyl (C=O) groups excluding carboxylic acids is 2. The molecule has 0 aliphatic heterocycles. The fourth-order valence-corrected chi connectivity index (χ4v) is 3.40. The van der Waals surface area contributed by atoms with E-state index in [1.807, 2.05) is 6.92 Å². The molecular formula is C21H38O4. The van der Waals surface area contributed by atoms with Gasteiger partial charge in [0.15, 0.2) is 0 Å². The van der Waals surface area contributed by atoms with Gasteiger partial charge in [0.25, 0.3) is 0 Å². The topological polar surface area (TPSA) is 52.6 Å². The predicted octanol–water partition coefficient (Wildman–Crippen LogP) is 5.57. The van der Waals surface area contributed by atoms with Gasteiger partial charge in [0.05, 0.1) is 25.6 Å². The molecule has 4 heteroatoms. The molecule has 0 N–H and O–H groups in total. The van der Waals surface area contributed by atoms with Crippen LogP contribution in [-0.4, -0.2) is 24.6 Å². The number of unbranched alkanes of at least 4 members (excludes halogenated alkanes) is 5. The van der Waals surface area contributed by atoms with Crippen LogP contribution in [0, 0.1) is 5.92 Å². The van der Waals surface area contributed by atoms with Crippen LogP contribution in [0.4, 0.5) is 0 Å². The molecule has 146 valence electrons. The second-order valence-corrected chi connectivity index (χ2v) is 7.54. The first-order valence-electron chi connectivity index (χ1n) is 10.5. The van der Waals surface area contributed by atoms with Gasteiger partial charge in [-0.15, -0.1) is 0 Å². The number of hydrogen-bond donors (Lipinski definition) is 0. The minimum absolute atomic E-state index is 0.0584. The highest BCUT2D eigenvalue weighted by Gasteiger charge is 2.17. The van der Waals surface area contributed by atoms with Crippen molar-refractivity contribution in [2.75, 3.05) is 6.61 Å². The highest BCUT2D eigenvalue weighted by atomic mass is 16.5. The van der Waals surface area contributed by atoms with Gasteiger partial charge in [0.1, 0.15) is 0 Å². The lowest BCUT2D eigenvalue weighted by molar-refractivity contribution is -0.154. The number of ether oxygens (including phenoxy) is 2. The van der Waals surface area contributed by atoms with Crippen LogP contribution in [0.3, 0.4) is 0 Å². The number of rotatable bonds is 13. The molecule has 0 saturated heterocycles. The molecule has 1 aliphatic carbocycles. The van der Waals surface area contributed by atoms with Crippen molar-refractivity contribution in [3.63, 3.8) is 0 Å². The smallest absolute Gasteiger partial charge is 0.306 e. The monoisotopic (exact) mass is 354 g/mol. The third-order valence-electron chi connectivity index (χ3n) is 5.03. The molecule has 0 heterocycles. The Kier molecular flexibility index (Phi) is 12.4. The van der Waals surface area contributed by atoms with Gasteiger partial charge in [-0.2, -0.15) is 0 Å². The SMILES string of the molecule is CCCCCCCCC(C)OC(=O)CCC(=O)OCC1CCCCC1. The molecule has 1 saturated carbocycles. The van der Waals surface area contributed by atoms with Crippen LogP contribution >= 0.6 is 0 Å². The first kappa shape index (κ1) is 22.0. The van der Waals surface area contributed by atoms with Gasteiger partial charge in [0, 0.05) is 0 Å². The van der Waals surface area contributed by atoms with Crippen LogP contribution in [0.2, 0.25) is 0 Å². The Hall–Kier alpha value is -1.06. The van der Waals surface area contributed by atoms with E-state index in [4.69, 9.17) is 9.47 Å². The molecule has 1 aliphatic rings. The summed E-state index contributed by atoms with van der Waals surface area (Å²) in [5.74, 6) is -0.0406. The fourth-order valence-electron chi connectivity index (χ4n) is 3.40. The highest BCUT2D eigenvalue weighted by molar-refractivity contribution is 5.77. The molecule has 25 heavy (non-hydrogen) atoms. The van der Waals surface area contributed by atoms with E-state index < -0.39 is 0 Å². The number of hydrogen-bond acceptors (Lipinski definition) is 4. The Morgan fingerprint density at radius 3 is 2.28 bits per heavy atom. The van der Waals surface area contributed by atoms with Gasteiger partial charge < -0.3 is 9.47 Å². The Labute approximate surface area is 154 Å². The molecule has 0 radical (unpaired) electrons. The van der Waals surface area contributed by atoms with E-state index in [1.165, 1.54) is 51.4 Å². The molecule has 0 aromatic carbocycles. The van der Waals surface area contributed by atoms with Crippen LogP contribution in [0.25, 0.3) is 0 Å². The van der Waals surface area contributed by atoms with Crippen LogP contribution in [0.1, 0.15) is 104 Å². The Morgan fingerprint density at radius 1 is 0.920 bits per heavy atom. The Morgan fingerprint density at radius 2 is 1.56 bits per heavy atom. The van der Waals surface area contributed by atoms with E-state index in [-0.39, 0.29) is 30.9 Å². The molecule has 1 atom stereocenters. The Balaban J connectivity index is 2.00. The van der Waals surface area contributed by atoms with E-state index >= 15 is 0 Å². The highest BCUT2D eigenvalue weighted by Crippen LogP contribution is 2.23. The zero-order valence-electron chi connectivity index (χ0n) is 16.4. The molecule has 4 nitrogen and oxygen atoms in total. The van der Waals surface area contributed by atoms with E-state index in [1.54, 1.807) is 0 Å². The van der Waals surface area contributed by atoms with Crippen molar-refractivity contribution >= 4 is 11.9 Å². The summed E-state index contributed by atoms with van der Waals surface area (Å²) >= 11 is 0. The van der Waals surface area contributed by atoms with Crippen molar-refractivity contribution in [3.05, 3.63) is 0 Å². The molecule has 1 rings (SSSR count). The summed E-state index contributed by atoms with van der Waals surface area (Å²) in [7, 11) is 0. The zero-order valence-corrected chi connectivity index (χ0v) is 16.4. The maximum Gasteiger partial charge on any atom is 0.306 e. The lowest BCUT2D eigenvalue weighted by Gasteiger charge is -2.21. The summed E-state index contributed by atoms with van der Waals surface area (Å²) in [5, 5.41) is 0. The van der Waals surface area contributed by atoms with E-state index in [0.29, 0.717) is 12.5 Å². The average Bonchev–Trinajstić information content (AvgIpc) is 2.62. The van der Waals surface area contributed by atoms with Gasteiger partial charge in [-0.25, -0.2) is 0 Å². The summed E-state index contributed by atoms with van der Waals surface area (Å²) in [6.45, 7) is 4.67. The molecule has 0 aromatic heterocycles. The van der Waals surface area contributed by atoms with Gasteiger partial charge in [0.2, 0.25) is 0 Å². The molecule has 0 amide bonds. The second-order valence-electron chi connectivity index (χ2n) is 7.54. The van der Waals surface area contributed by atoms with Crippen molar-refractivity contribution in [2.45, 2.75) is 110 Å². The van der Waals surface area contributed by atoms with Crippen molar-refractivity contribution in [2.24, 2.45) is 5.92 Å². The van der Waals surface area contributed by atoms with Crippen LogP contribution in [0.5, 0.6) is 0 Å². The maximum absolute atomic E-state index is 11.8. The second kappa shape index (κ2) is 14.1. The fraction of sp³-hybridized carbons (Fsp3) is 0.905. The van der Waals surface area contributed by atoms with Crippen molar-refractivity contribution < 1.29 is 19.1 Å². The largest absolute Gasteiger partial charge is 0.465 e. The van der Waals surface area contributed by atoms with Crippen LogP contribution in [0.15, 0.2) is 0 Å². The first-order valence-corrected chi connectivity index (χ1v) is 10.5. The van der Waals surface area contributed by atoms with Crippen molar-refractivity contribution in [1.82, 2.24) is 0 Å². The van der Waals surface area contributed by atoms with E-state index in [2.05, 4.69) is 6.92 Å². The quantitative estimate of drug-likeness (QED) is 0.320.